The molecule has 1 heteroatoms. The van der Waals surface area contributed by atoms with Gasteiger partial charge in [0.05, 0.1) is 0 Å². The fourth-order valence-corrected chi connectivity index (χ4v) is 7.13. The molecule has 0 heterocycles. The van der Waals surface area contributed by atoms with Gasteiger partial charge in [-0.1, -0.05) is 0 Å². The van der Waals surface area contributed by atoms with Crippen molar-refractivity contribution in [2.45, 2.75) is 7.25 Å². The average molecular weight is 322 g/mol. The Balaban J connectivity index is 1.62. The molecule has 90 valence electrons. The molecular formula is C18H14Zr. The maximum absolute atomic E-state index is 2.44. The van der Waals surface area contributed by atoms with E-state index in [1.165, 1.54) is 11.1 Å². The molecule has 0 saturated carbocycles. The van der Waals surface area contributed by atoms with Crippen LogP contribution in [0.2, 0.25) is 0 Å². The molecule has 2 aromatic rings. The van der Waals surface area contributed by atoms with Gasteiger partial charge in [0, 0.05) is 0 Å². The van der Waals surface area contributed by atoms with Crippen molar-refractivity contribution in [1.82, 2.24) is 0 Å². The number of rotatable bonds is 2. The van der Waals surface area contributed by atoms with Gasteiger partial charge in [-0.05, 0) is 0 Å². The average Bonchev–Trinajstić information content (AvgIpc) is 3.05. The van der Waals surface area contributed by atoms with Crippen molar-refractivity contribution in [3.63, 3.8) is 0 Å². The van der Waals surface area contributed by atoms with E-state index in [1.807, 2.05) is 0 Å². The van der Waals surface area contributed by atoms with Gasteiger partial charge < -0.3 is 0 Å². The molecule has 2 aliphatic rings. The van der Waals surface area contributed by atoms with Crippen molar-refractivity contribution < 1.29 is 23.2 Å². The number of hydrogen-bond donors (Lipinski definition) is 0. The Morgan fingerprint density at radius 3 is 1.63 bits per heavy atom. The predicted molar refractivity (Wildman–Crippen MR) is 76.4 cm³/mol. The summed E-state index contributed by atoms with van der Waals surface area (Å²) in [5.41, 5.74) is 5.99. The second-order valence-electron chi connectivity index (χ2n) is 5.10. The molecule has 0 N–H and O–H groups in total. The van der Waals surface area contributed by atoms with E-state index < -0.39 is 23.2 Å². The topological polar surface area (TPSA) is 0 Å². The third-order valence-corrected chi connectivity index (χ3v) is 8.20. The summed E-state index contributed by atoms with van der Waals surface area (Å²) in [6, 6.07) is 17.7. The van der Waals surface area contributed by atoms with Crippen molar-refractivity contribution in [2.75, 3.05) is 0 Å². The molecule has 2 aliphatic carbocycles. The Labute approximate surface area is 125 Å². The molecule has 0 saturated heterocycles. The summed E-state index contributed by atoms with van der Waals surface area (Å²) < 4.78 is 1.47. The van der Waals surface area contributed by atoms with Crippen LogP contribution in [-0.4, -0.2) is 0 Å². The van der Waals surface area contributed by atoms with E-state index in [1.54, 1.807) is 11.1 Å². The molecule has 0 aromatic heterocycles. The van der Waals surface area contributed by atoms with Crippen molar-refractivity contribution >= 4 is 12.2 Å². The summed E-state index contributed by atoms with van der Waals surface area (Å²) >= 11 is -0.542. The van der Waals surface area contributed by atoms with Crippen LogP contribution in [0, 0.1) is 0 Å². The van der Waals surface area contributed by atoms with Crippen LogP contribution in [0.4, 0.5) is 0 Å². The van der Waals surface area contributed by atoms with Crippen molar-refractivity contribution in [1.29, 1.82) is 0 Å². The molecule has 0 aliphatic heterocycles. The first-order valence-corrected chi connectivity index (χ1v) is 9.56. The molecule has 0 bridgehead atoms. The first kappa shape index (κ1) is 11.6. The minimum atomic E-state index is -0.542. The summed E-state index contributed by atoms with van der Waals surface area (Å²) in [6.45, 7) is 0. The normalized spacial score (nSPS) is 22.3. The monoisotopic (exact) mass is 320 g/mol. The zero-order chi connectivity index (χ0) is 12.7. The number of allylic oxidation sites excluding steroid dienone is 2. The molecule has 2 unspecified atom stereocenters. The summed E-state index contributed by atoms with van der Waals surface area (Å²) in [6.07, 6.45) is 9.49. The molecule has 0 fully saturated rings. The van der Waals surface area contributed by atoms with Crippen LogP contribution in [0.15, 0.2) is 60.7 Å². The van der Waals surface area contributed by atoms with Gasteiger partial charge in [-0.3, -0.25) is 0 Å². The molecule has 0 radical (unpaired) electrons. The predicted octanol–water partition coefficient (Wildman–Crippen LogP) is 4.61. The zero-order valence-corrected chi connectivity index (χ0v) is 13.0. The molecule has 4 rings (SSSR count). The summed E-state index contributed by atoms with van der Waals surface area (Å²) in [5.74, 6) is 0. The number of benzene rings is 2. The maximum atomic E-state index is 2.44. The molecule has 0 nitrogen and oxygen atoms in total. The standard InChI is InChI=1S/2C9H7.Zr/c2*1-2-5-9-7-3-6-8(9)4-1;/h2*1-7H;. The van der Waals surface area contributed by atoms with Gasteiger partial charge in [-0.15, -0.1) is 0 Å². The molecule has 0 spiro atoms. The van der Waals surface area contributed by atoms with Gasteiger partial charge in [-0.25, -0.2) is 0 Å². The molecule has 2 aromatic carbocycles. The Bertz CT molecular complexity index is 622. The fraction of sp³-hybridized carbons (Fsp3) is 0.111. The molecular weight excluding hydrogens is 307 g/mol. The van der Waals surface area contributed by atoms with Crippen LogP contribution < -0.4 is 0 Å². The molecule has 2 atom stereocenters. The number of hydrogen-bond acceptors (Lipinski definition) is 0. The third kappa shape index (κ3) is 2.01. The van der Waals surface area contributed by atoms with Gasteiger partial charge in [0.15, 0.2) is 0 Å². The van der Waals surface area contributed by atoms with Crippen LogP contribution in [-0.2, 0) is 23.2 Å². The van der Waals surface area contributed by atoms with Crippen LogP contribution in [0.25, 0.3) is 12.2 Å². The van der Waals surface area contributed by atoms with E-state index in [2.05, 4.69) is 72.8 Å². The van der Waals surface area contributed by atoms with E-state index in [0.717, 1.165) is 7.25 Å². The third-order valence-electron chi connectivity index (χ3n) is 3.96. The Morgan fingerprint density at radius 1 is 0.632 bits per heavy atom. The Kier molecular flexibility index (Phi) is 2.89. The minimum absolute atomic E-state index is 0.542. The van der Waals surface area contributed by atoms with Crippen LogP contribution >= 0.6 is 0 Å². The van der Waals surface area contributed by atoms with E-state index >= 15 is 0 Å². The van der Waals surface area contributed by atoms with E-state index in [9.17, 15) is 0 Å². The van der Waals surface area contributed by atoms with E-state index in [4.69, 9.17) is 0 Å². The summed E-state index contributed by atoms with van der Waals surface area (Å²) in [4.78, 5) is 0. The molecule has 19 heavy (non-hydrogen) atoms. The second-order valence-corrected chi connectivity index (χ2v) is 8.98. The quantitative estimate of drug-likeness (QED) is 0.758. The molecule has 0 amide bonds. The van der Waals surface area contributed by atoms with E-state index in [0.29, 0.717) is 0 Å². The van der Waals surface area contributed by atoms with Gasteiger partial charge >= 0.3 is 126 Å². The Hall–Kier alpha value is -1.20. The summed E-state index contributed by atoms with van der Waals surface area (Å²) in [7, 11) is 0. The van der Waals surface area contributed by atoms with Gasteiger partial charge in [0.2, 0.25) is 0 Å². The van der Waals surface area contributed by atoms with Gasteiger partial charge in [0.25, 0.3) is 0 Å². The van der Waals surface area contributed by atoms with Gasteiger partial charge in [0.1, 0.15) is 0 Å². The number of fused-ring (bicyclic) bond motifs is 2. The first-order chi connectivity index (χ1) is 9.42. The fourth-order valence-electron chi connectivity index (χ4n) is 2.98. The summed E-state index contributed by atoms with van der Waals surface area (Å²) in [5, 5.41) is 0. The van der Waals surface area contributed by atoms with Crippen molar-refractivity contribution in [2.24, 2.45) is 0 Å². The van der Waals surface area contributed by atoms with Gasteiger partial charge in [-0.2, -0.15) is 0 Å². The Morgan fingerprint density at radius 2 is 1.11 bits per heavy atom. The zero-order valence-electron chi connectivity index (χ0n) is 10.6. The van der Waals surface area contributed by atoms with Crippen molar-refractivity contribution in [3.8, 4) is 0 Å². The first-order valence-electron chi connectivity index (χ1n) is 6.72. The van der Waals surface area contributed by atoms with Crippen LogP contribution in [0.3, 0.4) is 0 Å². The SMILES string of the molecule is C1=C[CH]([Zr][CH]2C=Cc3ccccc32)c2ccccc21. The van der Waals surface area contributed by atoms with Crippen LogP contribution in [0.1, 0.15) is 29.5 Å². The second kappa shape index (κ2) is 4.72. The van der Waals surface area contributed by atoms with E-state index in [-0.39, 0.29) is 0 Å². The van der Waals surface area contributed by atoms with Crippen molar-refractivity contribution in [3.05, 3.63) is 82.9 Å². The van der Waals surface area contributed by atoms with Crippen LogP contribution in [0.5, 0.6) is 0 Å².